The van der Waals surface area contributed by atoms with Crippen LogP contribution in [0.1, 0.15) is 56.1 Å². The van der Waals surface area contributed by atoms with Crippen molar-refractivity contribution in [1.29, 1.82) is 5.26 Å². The Labute approximate surface area is 160 Å². The zero-order valence-electron chi connectivity index (χ0n) is 15.6. The van der Waals surface area contributed by atoms with Crippen LogP contribution in [0.3, 0.4) is 0 Å². The number of nitriles is 1. The summed E-state index contributed by atoms with van der Waals surface area (Å²) in [5.74, 6) is 1.98. The van der Waals surface area contributed by atoms with Crippen LogP contribution in [0.4, 0.5) is 0 Å². The fourth-order valence-electron chi connectivity index (χ4n) is 5.84. The van der Waals surface area contributed by atoms with Crippen molar-refractivity contribution in [2.75, 3.05) is 6.54 Å². The Morgan fingerprint density at radius 2 is 1.74 bits per heavy atom. The average molecular weight is 366 g/mol. The van der Waals surface area contributed by atoms with E-state index < -0.39 is 0 Å². The summed E-state index contributed by atoms with van der Waals surface area (Å²) in [7, 11) is 0. The standard InChI is InChI=1S/C22H26N2O3/c23-13-18-3-1-2-4-19(18)14-27-20(25)5-6-24-21(26)22-10-15-7-16(11-22)9-17(8-15)12-22/h1-4,15-17H,5-12,14H2,(H,24,26). The molecule has 0 saturated heterocycles. The minimum absolute atomic E-state index is 0.0888. The number of hydrogen-bond acceptors (Lipinski definition) is 4. The summed E-state index contributed by atoms with van der Waals surface area (Å²) in [6.45, 7) is 0.408. The van der Waals surface area contributed by atoms with E-state index in [1.807, 2.05) is 6.07 Å². The average Bonchev–Trinajstić information content (AvgIpc) is 2.65. The van der Waals surface area contributed by atoms with Crippen LogP contribution in [0.15, 0.2) is 24.3 Å². The lowest BCUT2D eigenvalue weighted by atomic mass is 9.49. The maximum atomic E-state index is 12.8. The lowest BCUT2D eigenvalue weighted by Crippen LogP contribution is -2.53. The summed E-state index contributed by atoms with van der Waals surface area (Å²) in [5.41, 5.74) is 1.04. The normalized spacial score (nSPS) is 30.6. The Morgan fingerprint density at radius 1 is 1.11 bits per heavy atom. The van der Waals surface area contributed by atoms with E-state index in [0.717, 1.165) is 37.0 Å². The summed E-state index contributed by atoms with van der Waals surface area (Å²) in [6, 6.07) is 9.17. The van der Waals surface area contributed by atoms with Crippen molar-refractivity contribution < 1.29 is 14.3 Å². The molecule has 0 spiro atoms. The van der Waals surface area contributed by atoms with E-state index in [0.29, 0.717) is 17.7 Å². The van der Waals surface area contributed by atoms with E-state index >= 15 is 0 Å². The van der Waals surface area contributed by atoms with Crippen LogP contribution < -0.4 is 5.32 Å². The number of esters is 1. The monoisotopic (exact) mass is 366 g/mol. The molecule has 5 heteroatoms. The van der Waals surface area contributed by atoms with Gasteiger partial charge in [-0.15, -0.1) is 0 Å². The van der Waals surface area contributed by atoms with Gasteiger partial charge in [0.15, 0.2) is 0 Å². The summed E-state index contributed by atoms with van der Waals surface area (Å²) >= 11 is 0. The fraction of sp³-hybridized carbons (Fsp3) is 0.591. The van der Waals surface area contributed by atoms with Crippen LogP contribution >= 0.6 is 0 Å². The summed E-state index contributed by atoms with van der Waals surface area (Å²) in [6.07, 6.45) is 7.17. The molecule has 1 N–H and O–H groups in total. The van der Waals surface area contributed by atoms with Crippen molar-refractivity contribution >= 4 is 11.9 Å². The number of nitrogens with one attached hydrogen (secondary N) is 1. The molecule has 1 amide bonds. The van der Waals surface area contributed by atoms with Gasteiger partial charge in [-0.1, -0.05) is 18.2 Å². The molecule has 4 saturated carbocycles. The van der Waals surface area contributed by atoms with Gasteiger partial charge in [0, 0.05) is 17.5 Å². The molecule has 4 aliphatic rings. The smallest absolute Gasteiger partial charge is 0.307 e. The lowest BCUT2D eigenvalue weighted by molar-refractivity contribution is -0.147. The third kappa shape index (κ3) is 3.71. The predicted octanol–water partition coefficient (Wildman–Crippen LogP) is 3.32. The lowest BCUT2D eigenvalue weighted by Gasteiger charge is -2.55. The highest BCUT2D eigenvalue weighted by Crippen LogP contribution is 2.60. The van der Waals surface area contributed by atoms with E-state index in [-0.39, 0.29) is 30.3 Å². The molecular formula is C22H26N2O3. The highest BCUT2D eigenvalue weighted by molar-refractivity contribution is 5.83. The topological polar surface area (TPSA) is 79.2 Å². The maximum absolute atomic E-state index is 12.8. The molecule has 4 aliphatic carbocycles. The van der Waals surface area contributed by atoms with Crippen molar-refractivity contribution in [3.63, 3.8) is 0 Å². The molecular weight excluding hydrogens is 340 g/mol. The zero-order valence-corrected chi connectivity index (χ0v) is 15.6. The van der Waals surface area contributed by atoms with E-state index in [4.69, 9.17) is 10.00 Å². The highest BCUT2D eigenvalue weighted by atomic mass is 16.5. The minimum Gasteiger partial charge on any atom is -0.461 e. The van der Waals surface area contributed by atoms with Crippen LogP contribution in [0.2, 0.25) is 0 Å². The first-order valence-corrected chi connectivity index (χ1v) is 10.00. The molecule has 142 valence electrons. The van der Waals surface area contributed by atoms with Gasteiger partial charge in [0.1, 0.15) is 6.61 Å². The molecule has 0 heterocycles. The molecule has 4 fully saturated rings. The van der Waals surface area contributed by atoms with Gasteiger partial charge in [-0.3, -0.25) is 9.59 Å². The molecule has 1 aromatic carbocycles. The summed E-state index contributed by atoms with van der Waals surface area (Å²) in [4.78, 5) is 24.8. The van der Waals surface area contributed by atoms with Crippen LogP contribution in [0, 0.1) is 34.5 Å². The molecule has 0 radical (unpaired) electrons. The molecule has 0 unspecified atom stereocenters. The van der Waals surface area contributed by atoms with Crippen LogP contribution in [-0.2, 0) is 20.9 Å². The Bertz CT molecular complexity index is 745. The Balaban J connectivity index is 1.23. The van der Waals surface area contributed by atoms with Crippen LogP contribution in [-0.4, -0.2) is 18.4 Å². The second-order valence-electron chi connectivity index (χ2n) is 8.63. The first kappa shape index (κ1) is 18.0. The van der Waals surface area contributed by atoms with Gasteiger partial charge < -0.3 is 10.1 Å². The Morgan fingerprint density at radius 3 is 2.37 bits per heavy atom. The number of carbonyl (C=O) groups excluding carboxylic acids is 2. The van der Waals surface area contributed by atoms with Gasteiger partial charge >= 0.3 is 5.97 Å². The molecule has 1 aromatic rings. The van der Waals surface area contributed by atoms with Gasteiger partial charge in [-0.25, -0.2) is 0 Å². The SMILES string of the molecule is N#Cc1ccccc1COC(=O)CCNC(=O)C12CC3CC(CC(C3)C1)C2. The number of benzene rings is 1. The van der Waals surface area contributed by atoms with E-state index in [2.05, 4.69) is 11.4 Å². The molecule has 4 bridgehead atoms. The first-order valence-electron chi connectivity index (χ1n) is 10.00. The van der Waals surface area contributed by atoms with E-state index in [9.17, 15) is 9.59 Å². The molecule has 5 rings (SSSR count). The Kier molecular flexibility index (Phi) is 4.90. The first-order chi connectivity index (χ1) is 13.1. The second-order valence-corrected chi connectivity index (χ2v) is 8.63. The van der Waals surface area contributed by atoms with Crippen molar-refractivity contribution in [3.05, 3.63) is 35.4 Å². The van der Waals surface area contributed by atoms with Gasteiger partial charge in [-0.2, -0.15) is 5.26 Å². The zero-order chi connectivity index (χ0) is 18.9. The number of amides is 1. The van der Waals surface area contributed by atoms with Crippen molar-refractivity contribution in [2.45, 2.75) is 51.6 Å². The van der Waals surface area contributed by atoms with Crippen LogP contribution in [0.25, 0.3) is 0 Å². The van der Waals surface area contributed by atoms with Crippen molar-refractivity contribution in [3.8, 4) is 6.07 Å². The number of carbonyl (C=O) groups is 2. The van der Waals surface area contributed by atoms with Gasteiger partial charge in [0.2, 0.25) is 5.91 Å². The van der Waals surface area contributed by atoms with Gasteiger partial charge in [-0.05, 0) is 62.3 Å². The van der Waals surface area contributed by atoms with Crippen molar-refractivity contribution in [1.82, 2.24) is 5.32 Å². The molecule has 5 nitrogen and oxygen atoms in total. The fourth-order valence-corrected chi connectivity index (χ4v) is 5.84. The molecule has 0 atom stereocenters. The Hall–Kier alpha value is -2.35. The third-order valence-corrected chi connectivity index (χ3v) is 6.66. The van der Waals surface area contributed by atoms with E-state index in [1.165, 1.54) is 19.3 Å². The minimum atomic E-state index is -0.353. The van der Waals surface area contributed by atoms with Crippen LogP contribution in [0.5, 0.6) is 0 Å². The largest absolute Gasteiger partial charge is 0.461 e. The third-order valence-electron chi connectivity index (χ3n) is 6.66. The second kappa shape index (κ2) is 7.34. The van der Waals surface area contributed by atoms with Crippen molar-refractivity contribution in [2.24, 2.45) is 23.2 Å². The number of nitrogens with zero attached hydrogens (tertiary/aromatic N) is 1. The highest BCUT2D eigenvalue weighted by Gasteiger charge is 2.54. The molecule has 0 aliphatic heterocycles. The number of rotatable bonds is 6. The van der Waals surface area contributed by atoms with Gasteiger partial charge in [0.25, 0.3) is 0 Å². The quantitative estimate of drug-likeness (QED) is 0.783. The predicted molar refractivity (Wildman–Crippen MR) is 99.2 cm³/mol. The number of ether oxygens (including phenoxy) is 1. The van der Waals surface area contributed by atoms with Gasteiger partial charge in [0.05, 0.1) is 18.1 Å². The maximum Gasteiger partial charge on any atom is 0.307 e. The molecule has 27 heavy (non-hydrogen) atoms. The molecule has 0 aromatic heterocycles. The summed E-state index contributed by atoms with van der Waals surface area (Å²) < 4.78 is 5.26. The van der Waals surface area contributed by atoms with E-state index in [1.54, 1.807) is 18.2 Å². The number of hydrogen-bond donors (Lipinski definition) is 1. The summed E-state index contributed by atoms with van der Waals surface area (Å²) in [5, 5.41) is 12.1.